The summed E-state index contributed by atoms with van der Waals surface area (Å²) in [6.45, 7) is 1.82. The summed E-state index contributed by atoms with van der Waals surface area (Å²) < 4.78 is 0. The number of likely N-dealkylation sites (N-methyl/N-ethyl adjacent to an activating group) is 1. The molecule has 1 unspecified atom stereocenters. The second-order valence-electron chi connectivity index (χ2n) is 6.56. The van der Waals surface area contributed by atoms with Crippen molar-refractivity contribution in [1.82, 2.24) is 0 Å². The van der Waals surface area contributed by atoms with Gasteiger partial charge in [-0.15, -0.1) is 0 Å². The average molecular weight is 367 g/mol. The molecule has 3 rings (SSSR count). The first-order valence-corrected chi connectivity index (χ1v) is 8.65. The van der Waals surface area contributed by atoms with Gasteiger partial charge in [0, 0.05) is 24.7 Å². The van der Waals surface area contributed by atoms with Crippen molar-refractivity contribution in [2.45, 2.75) is 25.8 Å². The smallest absolute Gasteiger partial charge is 0.303 e. The van der Waals surface area contributed by atoms with Crippen LogP contribution >= 0.6 is 0 Å². The van der Waals surface area contributed by atoms with Crippen molar-refractivity contribution in [2.75, 3.05) is 22.6 Å². The molecule has 1 atom stereocenters. The number of nitrogens with zero attached hydrogens (tertiary/aromatic N) is 1. The number of amides is 2. The molecule has 1 aliphatic heterocycles. The summed E-state index contributed by atoms with van der Waals surface area (Å²) >= 11 is 0. The third-order valence-electron chi connectivity index (χ3n) is 4.67. The molecule has 0 bridgehead atoms. The number of hydrogen-bond donors (Lipinski definition) is 3. The minimum atomic E-state index is -0.861. The number of carboxylic acid groups (broad SMARTS) is 1. The lowest BCUT2D eigenvalue weighted by Crippen LogP contribution is -2.43. The first-order valence-electron chi connectivity index (χ1n) is 8.65. The van der Waals surface area contributed by atoms with E-state index in [2.05, 4.69) is 10.6 Å². The maximum atomic E-state index is 12.6. The van der Waals surface area contributed by atoms with Gasteiger partial charge in [0.25, 0.3) is 5.91 Å². The van der Waals surface area contributed by atoms with Gasteiger partial charge in [0.1, 0.15) is 6.04 Å². The van der Waals surface area contributed by atoms with Crippen LogP contribution in [-0.2, 0) is 16.0 Å². The fourth-order valence-electron chi connectivity index (χ4n) is 2.97. The molecule has 1 heterocycles. The lowest BCUT2D eigenvalue weighted by Gasteiger charge is -2.33. The van der Waals surface area contributed by atoms with Crippen LogP contribution in [0.1, 0.15) is 29.3 Å². The first-order chi connectivity index (χ1) is 12.8. The maximum Gasteiger partial charge on any atom is 0.303 e. The molecule has 7 nitrogen and oxygen atoms in total. The predicted molar refractivity (Wildman–Crippen MR) is 103 cm³/mol. The molecule has 7 heteroatoms. The van der Waals surface area contributed by atoms with Crippen molar-refractivity contribution in [1.29, 1.82) is 0 Å². The molecule has 0 aliphatic carbocycles. The highest BCUT2D eigenvalue weighted by Crippen LogP contribution is 2.32. The maximum absolute atomic E-state index is 12.6. The number of aryl methyl sites for hydroxylation is 1. The summed E-state index contributed by atoms with van der Waals surface area (Å²) in [5, 5.41) is 14.4. The van der Waals surface area contributed by atoms with Gasteiger partial charge in [0.15, 0.2) is 0 Å². The zero-order valence-corrected chi connectivity index (χ0v) is 15.2. The van der Waals surface area contributed by atoms with Crippen LogP contribution in [0.25, 0.3) is 0 Å². The molecule has 140 valence electrons. The summed E-state index contributed by atoms with van der Waals surface area (Å²) in [6.07, 6.45) is 0.433. The Kier molecular flexibility index (Phi) is 5.12. The van der Waals surface area contributed by atoms with Gasteiger partial charge in [-0.05, 0) is 49.2 Å². The van der Waals surface area contributed by atoms with Gasteiger partial charge in [-0.2, -0.15) is 0 Å². The van der Waals surface area contributed by atoms with Gasteiger partial charge < -0.3 is 20.6 Å². The molecule has 2 aromatic carbocycles. The first kappa shape index (κ1) is 18.4. The second kappa shape index (κ2) is 7.49. The number of benzene rings is 2. The van der Waals surface area contributed by atoms with Crippen molar-refractivity contribution >= 4 is 34.8 Å². The van der Waals surface area contributed by atoms with Crippen molar-refractivity contribution in [3.8, 4) is 0 Å². The average Bonchev–Trinajstić information content (AvgIpc) is 2.64. The van der Waals surface area contributed by atoms with Gasteiger partial charge >= 0.3 is 5.97 Å². The van der Waals surface area contributed by atoms with E-state index in [0.717, 1.165) is 11.3 Å². The molecular weight excluding hydrogens is 346 g/mol. The van der Waals surface area contributed by atoms with Crippen LogP contribution < -0.4 is 15.5 Å². The van der Waals surface area contributed by atoms with Crippen molar-refractivity contribution in [3.63, 3.8) is 0 Å². The third kappa shape index (κ3) is 4.08. The van der Waals surface area contributed by atoms with E-state index < -0.39 is 5.97 Å². The van der Waals surface area contributed by atoms with E-state index >= 15 is 0 Å². The third-order valence-corrected chi connectivity index (χ3v) is 4.67. The monoisotopic (exact) mass is 367 g/mol. The summed E-state index contributed by atoms with van der Waals surface area (Å²) in [5.41, 5.74) is 3.31. The van der Waals surface area contributed by atoms with E-state index in [1.807, 2.05) is 31.0 Å². The van der Waals surface area contributed by atoms with E-state index in [1.165, 1.54) is 0 Å². The second-order valence-corrected chi connectivity index (χ2v) is 6.56. The number of aliphatic carboxylic acids is 1. The number of carbonyl (C=O) groups excluding carboxylic acids is 2. The molecule has 0 saturated heterocycles. The van der Waals surface area contributed by atoms with Crippen LogP contribution in [0.15, 0.2) is 42.5 Å². The van der Waals surface area contributed by atoms with Gasteiger partial charge in [-0.1, -0.05) is 12.1 Å². The number of nitrogens with one attached hydrogen (secondary N) is 2. The van der Waals surface area contributed by atoms with E-state index in [1.54, 1.807) is 30.3 Å². The zero-order valence-electron chi connectivity index (χ0n) is 15.2. The Morgan fingerprint density at radius 1 is 1.22 bits per heavy atom. The minimum absolute atomic E-state index is 0.0356. The zero-order chi connectivity index (χ0) is 19.6. The summed E-state index contributed by atoms with van der Waals surface area (Å²) in [7, 11) is 1.84. The largest absolute Gasteiger partial charge is 0.481 e. The van der Waals surface area contributed by atoms with Crippen LogP contribution in [0.3, 0.4) is 0 Å². The van der Waals surface area contributed by atoms with Crippen LogP contribution in [0.2, 0.25) is 0 Å². The normalized spacial score (nSPS) is 15.7. The topological polar surface area (TPSA) is 98.7 Å². The van der Waals surface area contributed by atoms with Crippen LogP contribution in [0.4, 0.5) is 17.1 Å². The fourth-order valence-corrected chi connectivity index (χ4v) is 2.97. The van der Waals surface area contributed by atoms with Crippen LogP contribution in [0.5, 0.6) is 0 Å². The quantitative estimate of drug-likeness (QED) is 0.755. The molecule has 0 fully saturated rings. The number of rotatable bonds is 5. The predicted octanol–water partition coefficient (Wildman–Crippen LogP) is 2.73. The number of hydrogen-bond acceptors (Lipinski definition) is 4. The fraction of sp³-hybridized carbons (Fsp3) is 0.250. The summed E-state index contributed by atoms with van der Waals surface area (Å²) in [5.74, 6) is -1.28. The Balaban J connectivity index is 1.76. The van der Waals surface area contributed by atoms with Gasteiger partial charge in [0.05, 0.1) is 11.4 Å². The SMILES string of the molecule is CC1C(=O)Nc2cc(C(=O)Nc3cccc(CCC(=O)O)c3)ccc2N1C. The van der Waals surface area contributed by atoms with Crippen molar-refractivity contribution in [3.05, 3.63) is 53.6 Å². The highest BCUT2D eigenvalue weighted by molar-refractivity contribution is 6.08. The van der Waals surface area contributed by atoms with E-state index in [-0.39, 0.29) is 24.3 Å². The van der Waals surface area contributed by atoms with Gasteiger partial charge in [-0.25, -0.2) is 0 Å². The number of anilines is 3. The molecule has 3 N–H and O–H groups in total. The highest BCUT2D eigenvalue weighted by Gasteiger charge is 2.27. The molecule has 0 aromatic heterocycles. The molecule has 0 radical (unpaired) electrons. The van der Waals surface area contributed by atoms with Crippen molar-refractivity contribution < 1.29 is 19.5 Å². The molecule has 2 amide bonds. The van der Waals surface area contributed by atoms with Crippen LogP contribution in [-0.4, -0.2) is 36.0 Å². The van der Waals surface area contributed by atoms with Gasteiger partial charge in [-0.3, -0.25) is 14.4 Å². The van der Waals surface area contributed by atoms with Crippen molar-refractivity contribution in [2.24, 2.45) is 0 Å². The molecule has 27 heavy (non-hydrogen) atoms. The lowest BCUT2D eigenvalue weighted by molar-refractivity contribution is -0.137. The molecule has 2 aromatic rings. The number of carbonyl (C=O) groups is 3. The Bertz CT molecular complexity index is 910. The molecule has 1 aliphatic rings. The highest BCUT2D eigenvalue weighted by atomic mass is 16.4. The lowest BCUT2D eigenvalue weighted by atomic mass is 10.1. The Labute approximate surface area is 157 Å². The standard InChI is InChI=1S/C20H21N3O4/c1-12-19(26)22-16-11-14(7-8-17(16)23(12)2)20(27)21-15-5-3-4-13(10-15)6-9-18(24)25/h3-5,7-8,10-12H,6,9H2,1-2H3,(H,21,27)(H,22,26)(H,24,25). The van der Waals surface area contributed by atoms with E-state index in [4.69, 9.17) is 5.11 Å². The summed E-state index contributed by atoms with van der Waals surface area (Å²) in [4.78, 5) is 37.1. The van der Waals surface area contributed by atoms with E-state index in [0.29, 0.717) is 23.4 Å². The number of fused-ring (bicyclic) bond motifs is 1. The molecular formula is C20H21N3O4. The minimum Gasteiger partial charge on any atom is -0.481 e. The Morgan fingerprint density at radius 2 is 2.00 bits per heavy atom. The van der Waals surface area contributed by atoms with Gasteiger partial charge in [0.2, 0.25) is 5.91 Å². The van der Waals surface area contributed by atoms with Crippen LogP contribution in [0, 0.1) is 0 Å². The summed E-state index contributed by atoms with van der Waals surface area (Å²) in [6, 6.07) is 12.0. The molecule has 0 saturated carbocycles. The van der Waals surface area contributed by atoms with E-state index in [9.17, 15) is 14.4 Å². The number of carboxylic acids is 1. The Hall–Kier alpha value is -3.35. The molecule has 0 spiro atoms. The Morgan fingerprint density at radius 3 is 2.74 bits per heavy atom.